The average Bonchev–Trinajstić information content (AvgIpc) is 3.41. The highest BCUT2D eigenvalue weighted by Gasteiger charge is 2.32. The Bertz CT molecular complexity index is 1180. The first-order chi connectivity index (χ1) is 18.0. The lowest BCUT2D eigenvalue weighted by Crippen LogP contribution is -2.52. The Morgan fingerprint density at radius 2 is 1.62 bits per heavy atom. The van der Waals surface area contributed by atoms with Crippen molar-refractivity contribution >= 4 is 46.8 Å². The van der Waals surface area contributed by atoms with Crippen molar-refractivity contribution in [1.29, 1.82) is 0 Å². The lowest BCUT2D eigenvalue weighted by Gasteiger charge is -2.32. The molecule has 1 fully saturated rings. The first kappa shape index (κ1) is 27.6. The molecule has 7 heteroatoms. The quantitative estimate of drug-likeness (QED) is 0.279. The average molecular weight is 556 g/mol. The SMILES string of the molecule is O=C(NC1CCCC1)[C@H](Cc1ccccc1)N(Cc1cccc(Cl)c1)C(=O)CSCc1ccccc1Cl. The van der Waals surface area contributed by atoms with Gasteiger partial charge in [-0.15, -0.1) is 11.8 Å². The van der Waals surface area contributed by atoms with Crippen molar-refractivity contribution in [3.63, 3.8) is 0 Å². The molecule has 1 aliphatic carbocycles. The van der Waals surface area contributed by atoms with Crippen LogP contribution in [-0.4, -0.2) is 34.6 Å². The molecule has 1 atom stereocenters. The predicted molar refractivity (Wildman–Crippen MR) is 154 cm³/mol. The minimum atomic E-state index is -0.629. The molecule has 0 aromatic heterocycles. The Hall–Kier alpha value is -2.47. The molecule has 3 aromatic rings. The number of amides is 2. The molecular formula is C30H32Cl2N2O2S. The Balaban J connectivity index is 1.57. The van der Waals surface area contributed by atoms with Crippen molar-refractivity contribution in [3.8, 4) is 0 Å². The third-order valence-corrected chi connectivity index (χ3v) is 8.23. The van der Waals surface area contributed by atoms with Crippen LogP contribution in [0.3, 0.4) is 0 Å². The van der Waals surface area contributed by atoms with E-state index in [-0.39, 0.29) is 23.6 Å². The van der Waals surface area contributed by atoms with Crippen LogP contribution in [0.2, 0.25) is 10.0 Å². The summed E-state index contributed by atoms with van der Waals surface area (Å²) in [6, 6.07) is 24.6. The van der Waals surface area contributed by atoms with Crippen LogP contribution < -0.4 is 5.32 Å². The van der Waals surface area contributed by atoms with E-state index in [4.69, 9.17) is 23.2 Å². The van der Waals surface area contributed by atoms with Gasteiger partial charge in [0.05, 0.1) is 5.75 Å². The molecule has 0 saturated heterocycles. The minimum Gasteiger partial charge on any atom is -0.352 e. The summed E-state index contributed by atoms with van der Waals surface area (Å²) in [7, 11) is 0. The standard InChI is InChI=1S/C30H32Cl2N2O2S/c31-25-13-8-11-23(17-25)19-34(29(35)21-37-20-24-12-4-7-16-27(24)32)28(18-22-9-2-1-3-10-22)30(36)33-26-14-5-6-15-26/h1-4,7-13,16-17,26,28H,5-6,14-15,18-21H2,(H,33,36)/t28-/m0/s1. The van der Waals surface area contributed by atoms with Gasteiger partial charge in [0, 0.05) is 34.8 Å². The van der Waals surface area contributed by atoms with E-state index in [9.17, 15) is 9.59 Å². The van der Waals surface area contributed by atoms with E-state index < -0.39 is 6.04 Å². The van der Waals surface area contributed by atoms with Gasteiger partial charge in [0.15, 0.2) is 0 Å². The third-order valence-electron chi connectivity index (χ3n) is 6.66. The molecule has 1 N–H and O–H groups in total. The number of benzene rings is 3. The summed E-state index contributed by atoms with van der Waals surface area (Å²) in [5.41, 5.74) is 2.90. The Labute approximate surface area is 233 Å². The molecule has 4 nitrogen and oxygen atoms in total. The lowest BCUT2D eigenvalue weighted by molar-refractivity contribution is -0.139. The van der Waals surface area contributed by atoms with E-state index in [1.165, 1.54) is 11.8 Å². The second kappa shape index (κ2) is 13.9. The summed E-state index contributed by atoms with van der Waals surface area (Å²) in [5, 5.41) is 4.53. The molecule has 0 spiro atoms. The summed E-state index contributed by atoms with van der Waals surface area (Å²) < 4.78 is 0. The van der Waals surface area contributed by atoms with E-state index >= 15 is 0 Å². The molecule has 0 radical (unpaired) electrons. The van der Waals surface area contributed by atoms with Crippen molar-refractivity contribution in [2.45, 2.75) is 56.5 Å². The van der Waals surface area contributed by atoms with Crippen molar-refractivity contribution in [2.75, 3.05) is 5.75 Å². The van der Waals surface area contributed by atoms with Gasteiger partial charge in [-0.05, 0) is 47.7 Å². The van der Waals surface area contributed by atoms with Gasteiger partial charge in [0.2, 0.25) is 11.8 Å². The van der Waals surface area contributed by atoms with Gasteiger partial charge >= 0.3 is 0 Å². The molecule has 2 amide bonds. The first-order valence-corrected chi connectivity index (χ1v) is 14.6. The van der Waals surface area contributed by atoms with Crippen molar-refractivity contribution in [1.82, 2.24) is 10.2 Å². The molecule has 4 rings (SSSR count). The van der Waals surface area contributed by atoms with E-state index in [1.54, 1.807) is 4.90 Å². The molecule has 0 heterocycles. The zero-order valence-corrected chi connectivity index (χ0v) is 23.1. The number of halogens is 2. The molecule has 0 unspecified atom stereocenters. The monoisotopic (exact) mass is 554 g/mol. The number of nitrogens with one attached hydrogen (secondary N) is 1. The minimum absolute atomic E-state index is 0.0838. The predicted octanol–water partition coefficient (Wildman–Crippen LogP) is 6.93. The third kappa shape index (κ3) is 8.26. The number of carbonyl (C=O) groups excluding carboxylic acids is 2. The van der Waals surface area contributed by atoms with Gasteiger partial charge in [0.25, 0.3) is 0 Å². The topological polar surface area (TPSA) is 49.4 Å². The van der Waals surface area contributed by atoms with E-state index in [0.717, 1.165) is 42.4 Å². The van der Waals surface area contributed by atoms with Crippen LogP contribution in [0.1, 0.15) is 42.4 Å². The number of thioether (sulfide) groups is 1. The Kier molecular flexibility index (Phi) is 10.4. The molecule has 0 bridgehead atoms. The molecule has 194 valence electrons. The summed E-state index contributed by atoms with van der Waals surface area (Å²) in [5.74, 6) is 0.684. The van der Waals surface area contributed by atoms with Crippen LogP contribution in [0.25, 0.3) is 0 Å². The van der Waals surface area contributed by atoms with Gasteiger partial charge in [-0.25, -0.2) is 0 Å². The van der Waals surface area contributed by atoms with Crippen molar-refractivity contribution in [2.24, 2.45) is 0 Å². The van der Waals surface area contributed by atoms with Crippen LogP contribution in [0.5, 0.6) is 0 Å². The van der Waals surface area contributed by atoms with Crippen LogP contribution >= 0.6 is 35.0 Å². The fraction of sp³-hybridized carbons (Fsp3) is 0.333. The zero-order chi connectivity index (χ0) is 26.0. The zero-order valence-electron chi connectivity index (χ0n) is 20.7. The maximum Gasteiger partial charge on any atom is 0.243 e. The molecule has 3 aromatic carbocycles. The number of rotatable bonds is 11. The van der Waals surface area contributed by atoms with E-state index in [0.29, 0.717) is 28.8 Å². The van der Waals surface area contributed by atoms with Crippen molar-refractivity contribution in [3.05, 3.63) is 106 Å². The first-order valence-electron chi connectivity index (χ1n) is 12.7. The second-order valence-electron chi connectivity index (χ2n) is 9.43. The lowest BCUT2D eigenvalue weighted by atomic mass is 10.0. The largest absolute Gasteiger partial charge is 0.352 e. The smallest absolute Gasteiger partial charge is 0.243 e. The van der Waals surface area contributed by atoms with E-state index in [2.05, 4.69) is 5.32 Å². The maximum atomic E-state index is 13.7. The Morgan fingerprint density at radius 1 is 0.919 bits per heavy atom. The summed E-state index contributed by atoms with van der Waals surface area (Å²) in [6.45, 7) is 0.307. The van der Waals surface area contributed by atoms with Gasteiger partial charge in [-0.2, -0.15) is 0 Å². The number of nitrogens with zero attached hydrogens (tertiary/aromatic N) is 1. The number of carbonyl (C=O) groups is 2. The van der Waals surface area contributed by atoms with E-state index in [1.807, 2.05) is 78.9 Å². The highest BCUT2D eigenvalue weighted by molar-refractivity contribution is 7.99. The second-order valence-corrected chi connectivity index (χ2v) is 11.3. The van der Waals surface area contributed by atoms with Crippen LogP contribution in [0, 0.1) is 0 Å². The highest BCUT2D eigenvalue weighted by Crippen LogP contribution is 2.24. The van der Waals surface area contributed by atoms with Gasteiger partial charge in [-0.1, -0.05) is 96.7 Å². The van der Waals surface area contributed by atoms with Crippen molar-refractivity contribution < 1.29 is 9.59 Å². The maximum absolute atomic E-state index is 13.7. The molecule has 1 saturated carbocycles. The van der Waals surface area contributed by atoms with Gasteiger partial charge in [0.1, 0.15) is 6.04 Å². The van der Waals surface area contributed by atoms with Gasteiger partial charge in [-0.3, -0.25) is 9.59 Å². The molecule has 37 heavy (non-hydrogen) atoms. The number of hydrogen-bond acceptors (Lipinski definition) is 3. The molecule has 1 aliphatic rings. The van der Waals surface area contributed by atoms with Crippen LogP contribution in [-0.2, 0) is 28.3 Å². The normalized spacial score (nSPS) is 14.3. The highest BCUT2D eigenvalue weighted by atomic mass is 35.5. The molecule has 0 aliphatic heterocycles. The van der Waals surface area contributed by atoms with Crippen LogP contribution in [0.4, 0.5) is 0 Å². The number of hydrogen-bond donors (Lipinski definition) is 1. The summed E-state index contributed by atoms with van der Waals surface area (Å²) in [4.78, 5) is 29.2. The Morgan fingerprint density at radius 3 is 2.35 bits per heavy atom. The fourth-order valence-electron chi connectivity index (χ4n) is 4.70. The van der Waals surface area contributed by atoms with Gasteiger partial charge < -0.3 is 10.2 Å². The molecular weight excluding hydrogens is 523 g/mol. The fourth-order valence-corrected chi connectivity index (χ4v) is 6.11. The summed E-state index contributed by atoms with van der Waals surface area (Å²) in [6.07, 6.45) is 4.66. The van der Waals surface area contributed by atoms with Crippen LogP contribution in [0.15, 0.2) is 78.9 Å². The summed E-state index contributed by atoms with van der Waals surface area (Å²) >= 11 is 14.1.